The normalized spacial score (nSPS) is 11.1. The molecule has 4 N–H and O–H groups in total. The predicted octanol–water partition coefficient (Wildman–Crippen LogP) is 4.30. The smallest absolute Gasteiger partial charge is 0.225 e. The van der Waals surface area contributed by atoms with Crippen LogP contribution in [0.3, 0.4) is 0 Å². The SMILES string of the molecule is C=CCn1c(SCc2nc(N)nc(N)n2)nnc1-c1cc(-c2ccc(C)cc2)nc2ccccc12. The van der Waals surface area contributed by atoms with Gasteiger partial charge in [0.1, 0.15) is 5.82 Å². The highest BCUT2D eigenvalue weighted by Crippen LogP contribution is 2.33. The predicted molar refractivity (Wildman–Crippen MR) is 139 cm³/mol. The van der Waals surface area contributed by atoms with E-state index in [9.17, 15) is 0 Å². The number of aromatic nitrogens is 7. The number of thioether (sulfide) groups is 1. The van der Waals surface area contributed by atoms with E-state index in [2.05, 4.69) is 69.0 Å². The first-order chi connectivity index (χ1) is 17.0. The molecular weight excluding hydrogens is 458 g/mol. The summed E-state index contributed by atoms with van der Waals surface area (Å²) in [6, 6.07) is 18.4. The molecule has 35 heavy (non-hydrogen) atoms. The van der Waals surface area contributed by atoms with Crippen LogP contribution in [0.2, 0.25) is 0 Å². The van der Waals surface area contributed by atoms with Gasteiger partial charge in [0.2, 0.25) is 11.9 Å². The summed E-state index contributed by atoms with van der Waals surface area (Å²) in [5, 5.41) is 10.7. The Hall–Kier alpha value is -4.31. The Morgan fingerprint density at radius 1 is 0.943 bits per heavy atom. The Morgan fingerprint density at radius 3 is 2.43 bits per heavy atom. The van der Waals surface area contributed by atoms with Gasteiger partial charge < -0.3 is 11.5 Å². The van der Waals surface area contributed by atoms with Gasteiger partial charge in [-0.3, -0.25) is 4.57 Å². The standard InChI is InChI=1S/C25H23N9S/c1-3-12-34-22(32-33-25(34)35-14-21-29-23(26)31-24(27)30-21)18-13-20(16-10-8-15(2)9-11-16)28-19-7-5-4-6-17(18)19/h3-11,13H,1,12,14H2,2H3,(H4,26,27,29,30,31). The quantitative estimate of drug-likeness (QED) is 0.258. The number of aryl methyl sites for hydroxylation is 1. The molecule has 0 saturated heterocycles. The van der Waals surface area contributed by atoms with Crippen molar-refractivity contribution in [2.45, 2.75) is 24.4 Å². The van der Waals surface area contributed by atoms with E-state index in [1.54, 1.807) is 0 Å². The van der Waals surface area contributed by atoms with E-state index in [4.69, 9.17) is 16.5 Å². The topological polar surface area (TPSA) is 134 Å². The number of anilines is 2. The number of benzene rings is 2. The van der Waals surface area contributed by atoms with Gasteiger partial charge in [-0.15, -0.1) is 16.8 Å². The molecule has 9 nitrogen and oxygen atoms in total. The minimum atomic E-state index is 0.0910. The van der Waals surface area contributed by atoms with Crippen LogP contribution in [0.1, 0.15) is 11.4 Å². The lowest BCUT2D eigenvalue weighted by molar-refractivity contribution is 0.731. The molecule has 0 fully saturated rings. The summed E-state index contributed by atoms with van der Waals surface area (Å²) in [4.78, 5) is 17.0. The lowest BCUT2D eigenvalue weighted by atomic mass is 10.0. The van der Waals surface area contributed by atoms with Crippen molar-refractivity contribution in [2.75, 3.05) is 11.5 Å². The third-order valence-corrected chi connectivity index (χ3v) is 6.34. The third-order valence-electron chi connectivity index (χ3n) is 5.38. The van der Waals surface area contributed by atoms with E-state index >= 15 is 0 Å². The van der Waals surface area contributed by atoms with Crippen LogP contribution in [0.25, 0.3) is 33.5 Å². The number of pyridine rings is 1. The molecule has 10 heteroatoms. The maximum atomic E-state index is 5.71. The second kappa shape index (κ2) is 9.51. The lowest BCUT2D eigenvalue weighted by Gasteiger charge is -2.12. The Bertz CT molecular complexity index is 1510. The van der Waals surface area contributed by atoms with Crippen molar-refractivity contribution in [1.82, 2.24) is 34.7 Å². The van der Waals surface area contributed by atoms with Gasteiger partial charge >= 0.3 is 0 Å². The Morgan fingerprint density at radius 2 is 1.69 bits per heavy atom. The highest BCUT2D eigenvalue weighted by atomic mass is 32.2. The van der Waals surface area contributed by atoms with E-state index in [1.807, 2.05) is 34.9 Å². The molecule has 2 aromatic carbocycles. The van der Waals surface area contributed by atoms with Crippen LogP contribution in [0.5, 0.6) is 0 Å². The molecule has 0 aliphatic carbocycles. The van der Waals surface area contributed by atoms with Crippen LogP contribution in [-0.2, 0) is 12.3 Å². The number of fused-ring (bicyclic) bond motifs is 1. The number of nitrogen functional groups attached to an aromatic ring is 2. The third kappa shape index (κ3) is 4.69. The molecule has 0 aliphatic rings. The zero-order chi connectivity index (χ0) is 24.4. The molecule has 0 radical (unpaired) electrons. The fourth-order valence-corrected chi connectivity index (χ4v) is 4.57. The van der Waals surface area contributed by atoms with Crippen LogP contribution in [0.4, 0.5) is 11.9 Å². The van der Waals surface area contributed by atoms with Crippen molar-refractivity contribution in [3.63, 3.8) is 0 Å². The van der Waals surface area contributed by atoms with Crippen molar-refractivity contribution in [1.29, 1.82) is 0 Å². The summed E-state index contributed by atoms with van der Waals surface area (Å²) in [7, 11) is 0. The number of para-hydroxylation sites is 1. The fraction of sp³-hybridized carbons (Fsp3) is 0.120. The first kappa shape index (κ1) is 22.5. The summed E-state index contributed by atoms with van der Waals surface area (Å²) < 4.78 is 2.02. The molecule has 0 unspecified atom stereocenters. The average molecular weight is 482 g/mol. The molecule has 174 valence electrons. The summed E-state index contributed by atoms with van der Waals surface area (Å²) >= 11 is 1.44. The maximum absolute atomic E-state index is 5.71. The summed E-state index contributed by atoms with van der Waals surface area (Å²) in [5.41, 5.74) is 16.4. The van der Waals surface area contributed by atoms with Gasteiger partial charge in [0.25, 0.3) is 0 Å². The van der Waals surface area contributed by atoms with E-state index in [1.165, 1.54) is 17.3 Å². The van der Waals surface area contributed by atoms with Gasteiger partial charge in [0.15, 0.2) is 11.0 Å². The zero-order valence-electron chi connectivity index (χ0n) is 19.1. The number of allylic oxidation sites excluding steroid dienone is 1. The van der Waals surface area contributed by atoms with Crippen LogP contribution in [-0.4, -0.2) is 34.7 Å². The first-order valence-electron chi connectivity index (χ1n) is 10.9. The minimum Gasteiger partial charge on any atom is -0.368 e. The molecule has 0 atom stereocenters. The Balaban J connectivity index is 1.59. The number of nitrogens with two attached hydrogens (primary N) is 2. The van der Waals surface area contributed by atoms with Crippen LogP contribution in [0.15, 0.2) is 72.4 Å². The van der Waals surface area contributed by atoms with Crippen molar-refractivity contribution in [3.05, 3.63) is 78.6 Å². The monoisotopic (exact) mass is 481 g/mol. The van der Waals surface area contributed by atoms with Crippen molar-refractivity contribution in [3.8, 4) is 22.6 Å². The maximum Gasteiger partial charge on any atom is 0.225 e. The van der Waals surface area contributed by atoms with Gasteiger partial charge in [-0.25, -0.2) is 4.98 Å². The Labute approximate surface area is 206 Å². The van der Waals surface area contributed by atoms with Gasteiger partial charge in [0.05, 0.1) is 17.0 Å². The number of nitrogens with zero attached hydrogens (tertiary/aromatic N) is 7. The van der Waals surface area contributed by atoms with E-state index in [0.29, 0.717) is 23.3 Å². The van der Waals surface area contributed by atoms with Crippen LogP contribution in [0, 0.1) is 6.92 Å². The molecule has 5 rings (SSSR count). The number of hydrogen-bond donors (Lipinski definition) is 2. The second-order valence-corrected chi connectivity index (χ2v) is 8.84. The Kier molecular flexibility index (Phi) is 6.11. The molecule has 0 bridgehead atoms. The molecule has 3 heterocycles. The van der Waals surface area contributed by atoms with E-state index < -0.39 is 0 Å². The highest BCUT2D eigenvalue weighted by Gasteiger charge is 2.18. The zero-order valence-corrected chi connectivity index (χ0v) is 19.9. The van der Waals surface area contributed by atoms with E-state index in [0.717, 1.165) is 33.5 Å². The number of hydrogen-bond acceptors (Lipinski definition) is 9. The van der Waals surface area contributed by atoms with Crippen molar-refractivity contribution in [2.24, 2.45) is 0 Å². The molecule has 0 amide bonds. The van der Waals surface area contributed by atoms with Gasteiger partial charge in [0, 0.05) is 23.1 Å². The van der Waals surface area contributed by atoms with Crippen LogP contribution >= 0.6 is 11.8 Å². The average Bonchev–Trinajstić information content (AvgIpc) is 3.24. The molecule has 0 aliphatic heterocycles. The fourth-order valence-electron chi connectivity index (χ4n) is 3.77. The van der Waals surface area contributed by atoms with Crippen molar-refractivity contribution < 1.29 is 0 Å². The van der Waals surface area contributed by atoms with E-state index in [-0.39, 0.29) is 11.9 Å². The molecule has 0 saturated carbocycles. The molecule has 0 spiro atoms. The van der Waals surface area contributed by atoms with Crippen molar-refractivity contribution >= 4 is 34.6 Å². The van der Waals surface area contributed by atoms with Gasteiger partial charge in [-0.2, -0.15) is 15.0 Å². The van der Waals surface area contributed by atoms with Gasteiger partial charge in [-0.1, -0.05) is 65.9 Å². The second-order valence-electron chi connectivity index (χ2n) is 7.90. The van der Waals surface area contributed by atoms with Gasteiger partial charge in [-0.05, 0) is 19.1 Å². The summed E-state index contributed by atoms with van der Waals surface area (Å²) in [6.07, 6.45) is 1.82. The summed E-state index contributed by atoms with van der Waals surface area (Å²) in [5.74, 6) is 1.80. The molecule has 5 aromatic rings. The minimum absolute atomic E-state index is 0.0910. The highest BCUT2D eigenvalue weighted by molar-refractivity contribution is 7.98. The molecule has 3 aromatic heterocycles. The first-order valence-corrected chi connectivity index (χ1v) is 11.9. The lowest BCUT2D eigenvalue weighted by Crippen LogP contribution is -2.06. The number of rotatable bonds is 7. The summed E-state index contributed by atoms with van der Waals surface area (Å²) in [6.45, 7) is 6.52. The largest absolute Gasteiger partial charge is 0.368 e. The van der Waals surface area contributed by atoms with Crippen LogP contribution < -0.4 is 11.5 Å². The molecular formula is C25H23N9S.